The van der Waals surface area contributed by atoms with Crippen LogP contribution in [0, 0.1) is 0 Å². The molecule has 5 heteroatoms. The zero-order chi connectivity index (χ0) is 13.0. The van der Waals surface area contributed by atoms with Gasteiger partial charge in [0, 0.05) is 18.8 Å². The minimum Gasteiger partial charge on any atom is -0.393 e. The maximum atomic E-state index is 12.4. The number of aromatic nitrogens is 2. The van der Waals surface area contributed by atoms with E-state index in [-0.39, 0.29) is 18.1 Å². The topological polar surface area (TPSA) is 69.2 Å². The minimum absolute atomic E-state index is 0.0000463. The fourth-order valence-corrected chi connectivity index (χ4v) is 2.61. The molecule has 2 atom stereocenters. The van der Waals surface area contributed by atoms with Crippen LogP contribution < -0.4 is 0 Å². The lowest BCUT2D eigenvalue weighted by Gasteiger charge is -2.30. The Kier molecular flexibility index (Phi) is 4.36. The predicted octanol–water partition coefficient (Wildman–Crippen LogP) is 1.57. The number of likely N-dealkylation sites (tertiary alicyclic amines) is 1. The highest BCUT2D eigenvalue weighted by Gasteiger charge is 2.27. The second kappa shape index (κ2) is 6.00. The van der Waals surface area contributed by atoms with Gasteiger partial charge in [-0.05, 0) is 32.3 Å². The van der Waals surface area contributed by atoms with Crippen LogP contribution in [0.1, 0.15) is 49.5 Å². The second-order valence-corrected chi connectivity index (χ2v) is 5.06. The molecular formula is C13H21N3O2. The molecule has 18 heavy (non-hydrogen) atoms. The Hall–Kier alpha value is -1.36. The van der Waals surface area contributed by atoms with Crippen molar-refractivity contribution >= 4 is 5.91 Å². The number of hydrogen-bond acceptors (Lipinski definition) is 3. The number of carbonyl (C=O) groups is 1. The van der Waals surface area contributed by atoms with E-state index in [1.54, 1.807) is 19.2 Å². The van der Waals surface area contributed by atoms with Gasteiger partial charge in [-0.2, -0.15) is 5.10 Å². The molecule has 0 saturated carbocycles. The maximum Gasteiger partial charge on any atom is 0.272 e. The highest BCUT2D eigenvalue weighted by Crippen LogP contribution is 2.22. The van der Waals surface area contributed by atoms with E-state index >= 15 is 0 Å². The molecule has 0 radical (unpaired) electrons. The number of H-pyrrole nitrogens is 1. The SMILES string of the molecule is CC(O)CC1CCCCCN1C(=O)c1ccn[nH]1. The molecule has 1 amide bonds. The number of nitrogens with zero attached hydrogens (tertiary/aromatic N) is 2. The summed E-state index contributed by atoms with van der Waals surface area (Å²) in [7, 11) is 0. The average Bonchev–Trinajstić information content (AvgIpc) is 2.76. The van der Waals surface area contributed by atoms with Crippen molar-refractivity contribution in [3.8, 4) is 0 Å². The van der Waals surface area contributed by atoms with Gasteiger partial charge in [0.25, 0.3) is 5.91 Å². The first-order valence-electron chi connectivity index (χ1n) is 6.67. The van der Waals surface area contributed by atoms with Crippen molar-refractivity contribution in [2.24, 2.45) is 0 Å². The van der Waals surface area contributed by atoms with E-state index < -0.39 is 0 Å². The van der Waals surface area contributed by atoms with E-state index in [1.807, 2.05) is 4.90 Å². The van der Waals surface area contributed by atoms with Gasteiger partial charge in [0.1, 0.15) is 5.69 Å². The van der Waals surface area contributed by atoms with Gasteiger partial charge in [0.05, 0.1) is 6.10 Å². The molecule has 0 aromatic carbocycles. The molecule has 2 rings (SSSR count). The summed E-state index contributed by atoms with van der Waals surface area (Å²) in [6.07, 6.45) is 6.17. The van der Waals surface area contributed by atoms with Gasteiger partial charge in [-0.25, -0.2) is 0 Å². The number of amides is 1. The number of aliphatic hydroxyl groups is 1. The Bertz CT molecular complexity index is 376. The molecule has 100 valence electrons. The Morgan fingerprint density at radius 3 is 3.11 bits per heavy atom. The van der Waals surface area contributed by atoms with Gasteiger partial charge in [0.2, 0.25) is 0 Å². The quantitative estimate of drug-likeness (QED) is 0.856. The molecule has 1 saturated heterocycles. The summed E-state index contributed by atoms with van der Waals surface area (Å²) in [5.41, 5.74) is 0.535. The lowest BCUT2D eigenvalue weighted by molar-refractivity contribution is 0.0601. The Morgan fingerprint density at radius 1 is 1.61 bits per heavy atom. The lowest BCUT2D eigenvalue weighted by atomic mass is 10.0. The van der Waals surface area contributed by atoms with E-state index in [9.17, 15) is 9.90 Å². The van der Waals surface area contributed by atoms with Crippen molar-refractivity contribution < 1.29 is 9.90 Å². The van der Waals surface area contributed by atoms with Gasteiger partial charge in [-0.3, -0.25) is 9.89 Å². The zero-order valence-electron chi connectivity index (χ0n) is 10.8. The third-order valence-electron chi connectivity index (χ3n) is 3.48. The molecule has 5 nitrogen and oxygen atoms in total. The van der Waals surface area contributed by atoms with E-state index in [4.69, 9.17) is 0 Å². The Labute approximate surface area is 107 Å². The van der Waals surface area contributed by atoms with Crippen LogP contribution in [0.3, 0.4) is 0 Å². The second-order valence-electron chi connectivity index (χ2n) is 5.06. The molecule has 2 N–H and O–H groups in total. The van der Waals surface area contributed by atoms with Crippen molar-refractivity contribution in [1.82, 2.24) is 15.1 Å². The molecule has 1 fully saturated rings. The van der Waals surface area contributed by atoms with Crippen molar-refractivity contribution in [2.45, 2.75) is 51.2 Å². The first-order valence-corrected chi connectivity index (χ1v) is 6.67. The van der Waals surface area contributed by atoms with Gasteiger partial charge >= 0.3 is 0 Å². The van der Waals surface area contributed by atoms with Crippen molar-refractivity contribution in [3.63, 3.8) is 0 Å². The fraction of sp³-hybridized carbons (Fsp3) is 0.692. The van der Waals surface area contributed by atoms with Crippen LogP contribution in [0.15, 0.2) is 12.3 Å². The molecule has 1 aromatic heterocycles. The van der Waals surface area contributed by atoms with E-state index in [0.29, 0.717) is 12.1 Å². The van der Waals surface area contributed by atoms with Crippen LogP contribution in [0.25, 0.3) is 0 Å². The summed E-state index contributed by atoms with van der Waals surface area (Å²) in [5, 5.41) is 16.1. The molecule has 1 aliphatic heterocycles. The van der Waals surface area contributed by atoms with Crippen molar-refractivity contribution in [1.29, 1.82) is 0 Å². The summed E-state index contributed by atoms with van der Waals surface area (Å²) < 4.78 is 0. The van der Waals surface area contributed by atoms with Gasteiger partial charge in [-0.15, -0.1) is 0 Å². The molecule has 1 aliphatic rings. The molecule has 2 heterocycles. The summed E-state index contributed by atoms with van der Waals surface area (Å²) in [5.74, 6) is 0.0000463. The largest absolute Gasteiger partial charge is 0.393 e. The number of nitrogens with one attached hydrogen (secondary N) is 1. The number of carbonyl (C=O) groups excluding carboxylic acids is 1. The predicted molar refractivity (Wildman–Crippen MR) is 68.2 cm³/mol. The highest BCUT2D eigenvalue weighted by atomic mass is 16.3. The number of aliphatic hydroxyl groups excluding tert-OH is 1. The lowest BCUT2D eigenvalue weighted by Crippen LogP contribution is -2.41. The molecule has 1 aromatic rings. The van der Waals surface area contributed by atoms with Gasteiger partial charge in [-0.1, -0.05) is 12.8 Å². The molecular weight excluding hydrogens is 230 g/mol. The Morgan fingerprint density at radius 2 is 2.44 bits per heavy atom. The van der Waals surface area contributed by atoms with Crippen molar-refractivity contribution in [3.05, 3.63) is 18.0 Å². The van der Waals surface area contributed by atoms with Gasteiger partial charge < -0.3 is 10.0 Å². The van der Waals surface area contributed by atoms with Crippen LogP contribution in [0.5, 0.6) is 0 Å². The third kappa shape index (κ3) is 3.10. The van der Waals surface area contributed by atoms with E-state index in [2.05, 4.69) is 10.2 Å². The van der Waals surface area contributed by atoms with Gasteiger partial charge in [0.15, 0.2) is 0 Å². The standard InChI is InChI=1S/C13H21N3O2/c1-10(17)9-11-5-3-2-4-8-16(11)13(18)12-6-7-14-15-12/h6-7,10-11,17H,2-5,8-9H2,1H3,(H,14,15). The van der Waals surface area contributed by atoms with Crippen LogP contribution in [0.4, 0.5) is 0 Å². The minimum atomic E-state index is -0.370. The normalized spacial score (nSPS) is 22.6. The Balaban J connectivity index is 2.12. The smallest absolute Gasteiger partial charge is 0.272 e. The third-order valence-corrected chi connectivity index (χ3v) is 3.48. The summed E-state index contributed by atoms with van der Waals surface area (Å²) in [4.78, 5) is 14.3. The zero-order valence-corrected chi connectivity index (χ0v) is 10.8. The van der Waals surface area contributed by atoms with Crippen LogP contribution >= 0.6 is 0 Å². The number of aromatic amines is 1. The molecule has 2 unspecified atom stereocenters. The maximum absolute atomic E-state index is 12.4. The monoisotopic (exact) mass is 251 g/mol. The summed E-state index contributed by atoms with van der Waals surface area (Å²) in [6.45, 7) is 2.55. The first-order chi connectivity index (χ1) is 8.68. The van der Waals surface area contributed by atoms with Crippen LogP contribution in [0.2, 0.25) is 0 Å². The highest BCUT2D eigenvalue weighted by molar-refractivity contribution is 5.92. The average molecular weight is 251 g/mol. The van der Waals surface area contributed by atoms with Crippen LogP contribution in [-0.2, 0) is 0 Å². The summed E-state index contributed by atoms with van der Waals surface area (Å²) >= 11 is 0. The molecule has 0 aliphatic carbocycles. The summed E-state index contributed by atoms with van der Waals surface area (Å²) in [6, 6.07) is 1.84. The van der Waals surface area contributed by atoms with E-state index in [0.717, 1.165) is 32.2 Å². The van der Waals surface area contributed by atoms with Crippen molar-refractivity contribution in [2.75, 3.05) is 6.54 Å². The number of hydrogen-bond donors (Lipinski definition) is 2. The fourth-order valence-electron chi connectivity index (χ4n) is 2.61. The van der Waals surface area contributed by atoms with E-state index in [1.165, 1.54) is 0 Å². The first kappa shape index (κ1) is 13.1. The number of rotatable bonds is 3. The van der Waals surface area contributed by atoms with Crippen LogP contribution in [-0.4, -0.2) is 44.8 Å². The molecule has 0 spiro atoms. The molecule has 0 bridgehead atoms.